The van der Waals surface area contributed by atoms with E-state index in [9.17, 15) is 34.8 Å². The highest BCUT2D eigenvalue weighted by molar-refractivity contribution is 8.24. The van der Waals surface area contributed by atoms with E-state index in [2.05, 4.69) is 0 Å². The minimum Gasteiger partial charge on any atom is -0.300 e. The molecule has 0 aromatic heterocycles. The van der Waals surface area contributed by atoms with Crippen molar-refractivity contribution in [1.29, 1.82) is 0 Å². The van der Waals surface area contributed by atoms with Crippen LogP contribution in [0.2, 0.25) is 0 Å². The molecule has 2 rings (SSSR count). The number of hydrogen-bond acceptors (Lipinski definition) is 8. The van der Waals surface area contributed by atoms with Crippen LogP contribution in [0, 0.1) is 0 Å². The van der Waals surface area contributed by atoms with Crippen LogP contribution in [0.3, 0.4) is 0 Å². The fourth-order valence-corrected chi connectivity index (χ4v) is 13.2. The molecule has 8 nitrogen and oxygen atoms in total. The summed E-state index contributed by atoms with van der Waals surface area (Å²) in [5.41, 5.74) is 0. The molecule has 2 aliphatic rings. The normalized spacial score (nSPS) is 22.5. The predicted molar refractivity (Wildman–Crippen MR) is 91.0 cm³/mol. The Bertz CT molecular complexity index is 789. The molecular formula is C14H22O8S3. The molecule has 0 radical (unpaired) electrons. The monoisotopic (exact) mass is 414 g/mol. The van der Waals surface area contributed by atoms with E-state index in [-0.39, 0.29) is 62.9 Å². The minimum absolute atomic E-state index is 0.00163. The zero-order valence-electron chi connectivity index (χ0n) is 13.9. The van der Waals surface area contributed by atoms with Crippen LogP contribution >= 0.6 is 0 Å². The van der Waals surface area contributed by atoms with E-state index in [1.54, 1.807) is 0 Å². The van der Waals surface area contributed by atoms with Crippen molar-refractivity contribution in [3.63, 3.8) is 0 Å². The van der Waals surface area contributed by atoms with E-state index in [1.807, 2.05) is 0 Å². The molecule has 0 amide bonds. The van der Waals surface area contributed by atoms with Crippen molar-refractivity contribution in [1.82, 2.24) is 0 Å². The maximum absolute atomic E-state index is 12.9. The average Bonchev–Trinajstić information content (AvgIpc) is 2.45. The third-order valence-corrected chi connectivity index (χ3v) is 14.7. The lowest BCUT2D eigenvalue weighted by Crippen LogP contribution is -2.48. The summed E-state index contributed by atoms with van der Waals surface area (Å²) in [4.78, 5) is 22.6. The molecule has 2 saturated carbocycles. The van der Waals surface area contributed by atoms with Crippen molar-refractivity contribution in [2.75, 3.05) is 6.26 Å². The molecule has 11 heteroatoms. The van der Waals surface area contributed by atoms with E-state index in [0.29, 0.717) is 6.26 Å². The maximum atomic E-state index is 12.9. The molecule has 0 aromatic carbocycles. The van der Waals surface area contributed by atoms with Gasteiger partial charge in [0.1, 0.15) is 11.6 Å². The summed E-state index contributed by atoms with van der Waals surface area (Å²) in [6.07, 6.45) is 0.345. The SMILES string of the molecule is CS(=O)(=O)C(S(=O)(=O)C1CCC(=O)CC1)S(=O)(=O)C1CCC(=O)CC1. The Morgan fingerprint density at radius 2 is 0.960 bits per heavy atom. The molecule has 0 N–H and O–H groups in total. The van der Waals surface area contributed by atoms with Crippen LogP contribution in [0.15, 0.2) is 0 Å². The smallest absolute Gasteiger partial charge is 0.262 e. The number of hydrogen-bond donors (Lipinski definition) is 0. The molecule has 144 valence electrons. The van der Waals surface area contributed by atoms with Gasteiger partial charge >= 0.3 is 0 Å². The summed E-state index contributed by atoms with van der Waals surface area (Å²) in [6.45, 7) is 0. The lowest BCUT2D eigenvalue weighted by molar-refractivity contribution is -0.120. The second-order valence-corrected chi connectivity index (χ2v) is 14.4. The second kappa shape index (κ2) is 7.07. The Morgan fingerprint density at radius 1 is 0.680 bits per heavy atom. The molecule has 0 unspecified atom stereocenters. The first-order valence-electron chi connectivity index (χ1n) is 8.04. The Morgan fingerprint density at radius 3 is 1.20 bits per heavy atom. The molecule has 0 bridgehead atoms. The van der Waals surface area contributed by atoms with E-state index < -0.39 is 43.9 Å². The molecule has 0 aliphatic heterocycles. The van der Waals surface area contributed by atoms with Gasteiger partial charge in [0, 0.05) is 31.9 Å². The topological polar surface area (TPSA) is 137 Å². The Labute approximate surface area is 148 Å². The average molecular weight is 415 g/mol. The molecule has 2 fully saturated rings. The van der Waals surface area contributed by atoms with Crippen molar-refractivity contribution < 1.29 is 34.8 Å². The van der Waals surface area contributed by atoms with Crippen molar-refractivity contribution in [2.45, 2.75) is 65.8 Å². The molecular weight excluding hydrogens is 392 g/mol. The number of carbonyl (C=O) groups is 2. The summed E-state index contributed by atoms with van der Waals surface area (Å²) < 4.78 is 73.2. The minimum atomic E-state index is -4.54. The quantitative estimate of drug-likeness (QED) is 0.621. The van der Waals surface area contributed by atoms with Crippen molar-refractivity contribution in [3.05, 3.63) is 0 Å². The first kappa shape index (κ1) is 20.5. The van der Waals surface area contributed by atoms with Crippen molar-refractivity contribution >= 4 is 41.1 Å². The predicted octanol–water partition coefficient (Wildman–Crippen LogP) is 0.168. The second-order valence-electron chi connectivity index (χ2n) is 6.77. The number of carbonyl (C=O) groups excluding carboxylic acids is 2. The first-order valence-corrected chi connectivity index (χ1v) is 13.2. The van der Waals surface area contributed by atoms with Crippen LogP contribution in [-0.4, -0.2) is 57.5 Å². The molecule has 25 heavy (non-hydrogen) atoms. The lowest BCUT2D eigenvalue weighted by Gasteiger charge is -2.29. The fraction of sp³-hybridized carbons (Fsp3) is 0.857. The van der Waals surface area contributed by atoms with Gasteiger partial charge in [0.2, 0.25) is 0 Å². The van der Waals surface area contributed by atoms with E-state index in [0.717, 1.165) is 0 Å². The summed E-state index contributed by atoms with van der Waals surface area (Å²) in [6, 6.07) is 0. The van der Waals surface area contributed by atoms with Crippen molar-refractivity contribution in [2.24, 2.45) is 0 Å². The maximum Gasteiger partial charge on any atom is 0.262 e. The molecule has 0 spiro atoms. The summed E-state index contributed by atoms with van der Waals surface area (Å²) in [7, 11) is -13.5. The largest absolute Gasteiger partial charge is 0.300 e. The van der Waals surface area contributed by atoms with E-state index in [1.165, 1.54) is 0 Å². The van der Waals surface area contributed by atoms with Crippen LogP contribution in [-0.2, 0) is 39.1 Å². The van der Waals surface area contributed by atoms with Crippen LogP contribution < -0.4 is 0 Å². The van der Waals surface area contributed by atoms with Crippen molar-refractivity contribution in [3.8, 4) is 0 Å². The lowest BCUT2D eigenvalue weighted by atomic mass is 9.99. The molecule has 0 aromatic rings. The highest BCUT2D eigenvalue weighted by atomic mass is 32.3. The van der Waals surface area contributed by atoms with Crippen LogP contribution in [0.25, 0.3) is 0 Å². The van der Waals surface area contributed by atoms with Gasteiger partial charge in [0.15, 0.2) is 29.5 Å². The highest BCUT2D eigenvalue weighted by Gasteiger charge is 2.52. The first-order chi connectivity index (χ1) is 11.4. The molecule has 0 atom stereocenters. The molecule has 0 saturated heterocycles. The van der Waals surface area contributed by atoms with Crippen LogP contribution in [0.1, 0.15) is 51.4 Å². The van der Waals surface area contributed by atoms with Gasteiger partial charge in [-0.25, -0.2) is 25.3 Å². The van der Waals surface area contributed by atoms with E-state index >= 15 is 0 Å². The number of rotatable bonds is 5. The van der Waals surface area contributed by atoms with Crippen LogP contribution in [0.4, 0.5) is 0 Å². The van der Waals surface area contributed by atoms with Gasteiger partial charge in [-0.2, -0.15) is 0 Å². The van der Waals surface area contributed by atoms with Gasteiger partial charge in [0.05, 0.1) is 10.5 Å². The summed E-state index contributed by atoms with van der Waals surface area (Å²) in [5, 5.41) is -2.32. The summed E-state index contributed by atoms with van der Waals surface area (Å²) in [5.74, 6) is -0.230. The third-order valence-electron chi connectivity index (χ3n) is 4.80. The zero-order valence-corrected chi connectivity index (χ0v) is 16.3. The number of sulfone groups is 3. The van der Waals surface area contributed by atoms with Gasteiger partial charge in [-0.15, -0.1) is 0 Å². The zero-order chi connectivity index (χ0) is 19.0. The Balaban J connectivity index is 2.42. The highest BCUT2D eigenvalue weighted by Crippen LogP contribution is 2.34. The van der Waals surface area contributed by atoms with Gasteiger partial charge < -0.3 is 0 Å². The Kier molecular flexibility index (Phi) is 5.80. The van der Waals surface area contributed by atoms with E-state index in [4.69, 9.17) is 0 Å². The number of ketones is 2. The fourth-order valence-electron chi connectivity index (χ4n) is 3.47. The number of Topliss-reactive ketones (excluding diaryl/α,β-unsaturated/α-hetero) is 2. The third kappa shape index (κ3) is 4.30. The standard InChI is InChI=1S/C14H22O8S3/c1-23(17,18)14(24(19,20)12-6-2-10(15)3-7-12)25(21,22)13-8-4-11(16)5-9-13/h12-14H,2-9H2,1H3. The summed E-state index contributed by atoms with van der Waals surface area (Å²) >= 11 is 0. The Hall–Kier alpha value is -0.810. The molecule has 0 heterocycles. The van der Waals surface area contributed by atoms with Gasteiger partial charge in [-0.3, -0.25) is 9.59 Å². The van der Waals surface area contributed by atoms with Gasteiger partial charge in [-0.1, -0.05) is 0 Å². The molecule has 2 aliphatic carbocycles. The van der Waals surface area contributed by atoms with Gasteiger partial charge in [0.25, 0.3) is 3.91 Å². The van der Waals surface area contributed by atoms with Gasteiger partial charge in [-0.05, 0) is 25.7 Å². The van der Waals surface area contributed by atoms with Crippen LogP contribution in [0.5, 0.6) is 0 Å².